The molecule has 7 nitrogen and oxygen atoms in total. The summed E-state index contributed by atoms with van der Waals surface area (Å²) in [6, 6.07) is 5.09. The van der Waals surface area contributed by atoms with Crippen LogP contribution in [0, 0.1) is 39.7 Å². The van der Waals surface area contributed by atoms with Crippen LogP contribution in [0.15, 0.2) is 29.2 Å². The monoisotopic (exact) mass is 435 g/mol. The van der Waals surface area contributed by atoms with E-state index in [1.165, 1.54) is 37.1 Å². The first-order valence-corrected chi connectivity index (χ1v) is 12.6. The van der Waals surface area contributed by atoms with Crippen molar-refractivity contribution in [2.24, 2.45) is 29.6 Å². The molecule has 0 N–H and O–H groups in total. The number of benzene rings is 1. The summed E-state index contributed by atoms with van der Waals surface area (Å²) in [6.45, 7) is 1.98. The minimum atomic E-state index is -3.50. The predicted octanol–water partition coefficient (Wildman–Crippen LogP) is 4.15. The summed E-state index contributed by atoms with van der Waals surface area (Å²) in [5.74, 6) is 1.53. The predicted molar refractivity (Wildman–Crippen MR) is 110 cm³/mol. The molecule has 1 saturated heterocycles. The highest BCUT2D eigenvalue weighted by Gasteiger charge is 2.54. The number of non-ortho nitro benzene ring substituents is 1. The molecule has 0 unspecified atom stereocenters. The minimum absolute atomic E-state index is 0.0132. The summed E-state index contributed by atoms with van der Waals surface area (Å²) in [7, 11) is -3.50. The topological polar surface area (TPSA) is 104 Å². The van der Waals surface area contributed by atoms with Gasteiger partial charge in [0.15, 0.2) is 9.84 Å². The van der Waals surface area contributed by atoms with Crippen molar-refractivity contribution in [2.75, 3.05) is 5.75 Å². The number of hydrogen-bond acceptors (Lipinski definition) is 6. The molecule has 2 saturated carbocycles. The van der Waals surface area contributed by atoms with Gasteiger partial charge in [0.05, 0.1) is 21.5 Å². The number of cyclic esters (lactones) is 1. The lowest BCUT2D eigenvalue weighted by Gasteiger charge is -2.47. The molecule has 1 heterocycles. The van der Waals surface area contributed by atoms with Gasteiger partial charge in [0.1, 0.15) is 6.10 Å². The Bertz CT molecular complexity index is 912. The van der Waals surface area contributed by atoms with E-state index in [1.54, 1.807) is 0 Å². The van der Waals surface area contributed by atoms with Crippen molar-refractivity contribution < 1.29 is 22.9 Å². The number of ether oxygens (including phenoxy) is 1. The average Bonchev–Trinajstić information content (AvgIpc) is 3.01. The molecule has 164 valence electrons. The van der Waals surface area contributed by atoms with Gasteiger partial charge in [0, 0.05) is 18.1 Å². The number of hydrogen-bond donors (Lipinski definition) is 0. The van der Waals surface area contributed by atoms with E-state index in [0.29, 0.717) is 24.2 Å². The third-order valence-electron chi connectivity index (χ3n) is 7.54. The molecule has 30 heavy (non-hydrogen) atoms. The molecular weight excluding hydrogens is 406 g/mol. The van der Waals surface area contributed by atoms with Gasteiger partial charge in [-0.2, -0.15) is 0 Å². The fourth-order valence-electron chi connectivity index (χ4n) is 6.25. The van der Waals surface area contributed by atoms with Crippen LogP contribution in [0.25, 0.3) is 0 Å². The van der Waals surface area contributed by atoms with E-state index in [1.807, 2.05) is 6.92 Å². The molecule has 1 aromatic rings. The molecule has 3 aliphatic rings. The minimum Gasteiger partial charge on any atom is -0.462 e. The van der Waals surface area contributed by atoms with Gasteiger partial charge < -0.3 is 4.74 Å². The standard InChI is InChI=1S/C22H29NO6S/c1-14-21-19(18-6-3-2-5-15(18)13-20(21)22(24)29-14)7-4-12-30(27,28)17-10-8-16(9-11-17)23(25)26/h8-11,14-15,18-21H,2-7,12-13H2,1H3/t14-,15+,18-,19+,20-,21+/m0/s1. The summed E-state index contributed by atoms with van der Waals surface area (Å²) in [5, 5.41) is 10.8. The number of esters is 1. The number of nitrogens with zero attached hydrogens (tertiary/aromatic N) is 1. The van der Waals surface area contributed by atoms with Gasteiger partial charge in [-0.1, -0.05) is 19.3 Å². The molecular formula is C22H29NO6S. The van der Waals surface area contributed by atoms with E-state index >= 15 is 0 Å². The third kappa shape index (κ3) is 3.98. The van der Waals surface area contributed by atoms with Crippen molar-refractivity contribution in [1.29, 1.82) is 0 Å². The first-order chi connectivity index (χ1) is 14.3. The Labute approximate surface area is 177 Å². The number of carbonyl (C=O) groups is 1. The maximum Gasteiger partial charge on any atom is 0.309 e. The van der Waals surface area contributed by atoms with Crippen LogP contribution < -0.4 is 0 Å². The fourth-order valence-corrected chi connectivity index (χ4v) is 7.58. The second-order valence-electron chi connectivity index (χ2n) is 9.15. The summed E-state index contributed by atoms with van der Waals surface area (Å²) < 4.78 is 31.0. The van der Waals surface area contributed by atoms with Crippen LogP contribution in [0.1, 0.15) is 51.9 Å². The molecule has 0 radical (unpaired) electrons. The Hall–Kier alpha value is -1.96. The average molecular weight is 436 g/mol. The molecule has 0 aromatic heterocycles. The Kier molecular flexibility index (Phi) is 5.88. The van der Waals surface area contributed by atoms with Gasteiger partial charge in [-0.15, -0.1) is 0 Å². The number of rotatable bonds is 6. The van der Waals surface area contributed by atoms with E-state index in [2.05, 4.69) is 0 Å². The van der Waals surface area contributed by atoms with Gasteiger partial charge in [-0.05, 0) is 62.5 Å². The Balaban J connectivity index is 1.45. The molecule has 6 atom stereocenters. The quantitative estimate of drug-likeness (QED) is 0.378. The van der Waals surface area contributed by atoms with Crippen molar-refractivity contribution in [3.8, 4) is 0 Å². The van der Waals surface area contributed by atoms with Gasteiger partial charge in [-0.3, -0.25) is 14.9 Å². The first kappa shape index (κ1) is 21.3. The van der Waals surface area contributed by atoms with Crippen LogP contribution in [-0.2, 0) is 19.4 Å². The van der Waals surface area contributed by atoms with Crippen LogP contribution in [0.4, 0.5) is 5.69 Å². The van der Waals surface area contributed by atoms with Crippen LogP contribution >= 0.6 is 0 Å². The van der Waals surface area contributed by atoms with Crippen LogP contribution in [0.5, 0.6) is 0 Å². The molecule has 0 bridgehead atoms. The largest absolute Gasteiger partial charge is 0.462 e. The number of nitro benzene ring substituents is 1. The van der Waals surface area contributed by atoms with Crippen LogP contribution in [0.3, 0.4) is 0 Å². The van der Waals surface area contributed by atoms with E-state index in [-0.39, 0.29) is 40.2 Å². The highest BCUT2D eigenvalue weighted by molar-refractivity contribution is 7.91. The highest BCUT2D eigenvalue weighted by atomic mass is 32.2. The van der Waals surface area contributed by atoms with E-state index in [4.69, 9.17) is 4.74 Å². The molecule has 0 amide bonds. The summed E-state index contributed by atoms with van der Waals surface area (Å²) in [5.41, 5.74) is -0.120. The van der Waals surface area contributed by atoms with Crippen LogP contribution in [0.2, 0.25) is 0 Å². The van der Waals surface area contributed by atoms with Gasteiger partial charge in [-0.25, -0.2) is 8.42 Å². The number of sulfone groups is 1. The zero-order valence-corrected chi connectivity index (χ0v) is 18.1. The molecule has 4 rings (SSSR count). The van der Waals surface area contributed by atoms with Gasteiger partial charge in [0.2, 0.25) is 0 Å². The smallest absolute Gasteiger partial charge is 0.309 e. The zero-order chi connectivity index (χ0) is 21.5. The highest BCUT2D eigenvalue weighted by Crippen LogP contribution is 2.54. The second kappa shape index (κ2) is 8.29. The van der Waals surface area contributed by atoms with Crippen molar-refractivity contribution in [3.05, 3.63) is 34.4 Å². The number of carbonyl (C=O) groups excluding carboxylic acids is 1. The molecule has 3 fully saturated rings. The fraction of sp³-hybridized carbons (Fsp3) is 0.682. The lowest BCUT2D eigenvalue weighted by molar-refractivity contribution is -0.384. The SMILES string of the molecule is C[C@@H]1OC(=O)[C@H]2C[C@H]3CCCC[C@@H]3[C@@H](CCCS(=O)(=O)c3ccc([N+](=O)[O-])cc3)[C@@H]12. The van der Waals surface area contributed by atoms with E-state index in [9.17, 15) is 23.3 Å². The lowest BCUT2D eigenvalue weighted by atomic mass is 9.56. The summed E-state index contributed by atoms with van der Waals surface area (Å²) in [4.78, 5) is 22.7. The Morgan fingerprint density at radius 3 is 2.57 bits per heavy atom. The maximum atomic E-state index is 12.7. The first-order valence-electron chi connectivity index (χ1n) is 11.0. The maximum absolute atomic E-state index is 12.7. The van der Waals surface area contributed by atoms with Gasteiger partial charge in [0.25, 0.3) is 5.69 Å². The molecule has 8 heteroatoms. The van der Waals surface area contributed by atoms with E-state index < -0.39 is 14.8 Å². The molecule has 2 aliphatic carbocycles. The lowest BCUT2D eigenvalue weighted by Crippen LogP contribution is -2.43. The van der Waals surface area contributed by atoms with Crippen LogP contribution in [-0.4, -0.2) is 31.2 Å². The second-order valence-corrected chi connectivity index (χ2v) is 11.3. The molecule has 1 aliphatic heterocycles. The number of nitro groups is 1. The molecule has 0 spiro atoms. The summed E-state index contributed by atoms with van der Waals surface area (Å²) in [6.07, 6.45) is 6.87. The Morgan fingerprint density at radius 2 is 1.87 bits per heavy atom. The van der Waals surface area contributed by atoms with E-state index in [0.717, 1.165) is 25.7 Å². The van der Waals surface area contributed by atoms with Crippen molar-refractivity contribution >= 4 is 21.5 Å². The zero-order valence-electron chi connectivity index (χ0n) is 17.2. The van der Waals surface area contributed by atoms with Gasteiger partial charge >= 0.3 is 5.97 Å². The molecule has 1 aromatic carbocycles. The van der Waals surface area contributed by atoms with Crippen molar-refractivity contribution in [3.63, 3.8) is 0 Å². The number of fused-ring (bicyclic) bond motifs is 2. The normalized spacial score (nSPS) is 33.4. The van der Waals surface area contributed by atoms with Crippen molar-refractivity contribution in [1.82, 2.24) is 0 Å². The summed E-state index contributed by atoms with van der Waals surface area (Å²) >= 11 is 0. The third-order valence-corrected chi connectivity index (χ3v) is 9.35. The Morgan fingerprint density at radius 1 is 1.17 bits per heavy atom. The van der Waals surface area contributed by atoms with Crippen molar-refractivity contribution in [2.45, 2.75) is 62.9 Å².